The molecule has 0 heterocycles. The number of aliphatic hydroxyl groups excluding tert-OH is 1. The second-order valence-corrected chi connectivity index (χ2v) is 5.70. The van der Waals surface area contributed by atoms with E-state index in [2.05, 4.69) is 13.8 Å². The molecule has 4 atom stereocenters. The fraction of sp³-hybridized carbons (Fsp3) is 0.786. The summed E-state index contributed by atoms with van der Waals surface area (Å²) in [5.41, 5.74) is -0.143. The molecule has 17 heavy (non-hydrogen) atoms. The first-order valence-corrected chi connectivity index (χ1v) is 6.22. The zero-order valence-corrected chi connectivity index (χ0v) is 11.4. The largest absolute Gasteiger partial charge is 0.390 e. The number of ketones is 1. The molecule has 1 N–H and O–H groups in total. The molecule has 0 aromatic heterocycles. The third-order valence-electron chi connectivity index (χ3n) is 3.95. The maximum Gasteiger partial charge on any atom is 0.159 e. The molecule has 98 valence electrons. The molecule has 3 nitrogen and oxygen atoms in total. The summed E-state index contributed by atoms with van der Waals surface area (Å²) in [6.45, 7) is 7.93. The lowest BCUT2D eigenvalue weighted by Gasteiger charge is -2.47. The Morgan fingerprint density at radius 1 is 1.47 bits per heavy atom. The minimum Gasteiger partial charge on any atom is -0.390 e. The molecule has 0 amide bonds. The number of rotatable bonds is 3. The second kappa shape index (κ2) is 5.32. The van der Waals surface area contributed by atoms with Crippen molar-refractivity contribution in [2.75, 3.05) is 7.11 Å². The Labute approximate surface area is 104 Å². The van der Waals surface area contributed by atoms with Gasteiger partial charge < -0.3 is 9.84 Å². The van der Waals surface area contributed by atoms with Gasteiger partial charge in [0.05, 0.1) is 12.2 Å². The van der Waals surface area contributed by atoms with Crippen LogP contribution in [0.1, 0.15) is 34.1 Å². The molecular formula is C14H24O3. The van der Waals surface area contributed by atoms with Crippen molar-refractivity contribution >= 4 is 5.78 Å². The number of hydrogen-bond donors (Lipinski definition) is 1. The predicted octanol–water partition coefficient (Wildman–Crippen LogP) is 2.19. The summed E-state index contributed by atoms with van der Waals surface area (Å²) in [5.74, 6) is -0.105. The summed E-state index contributed by atoms with van der Waals surface area (Å²) < 4.78 is 5.32. The van der Waals surface area contributed by atoms with E-state index in [9.17, 15) is 9.90 Å². The third-order valence-corrected chi connectivity index (χ3v) is 3.95. The molecule has 0 bridgehead atoms. The molecule has 1 rings (SSSR count). The molecule has 0 aromatic rings. The highest BCUT2D eigenvalue weighted by atomic mass is 16.5. The van der Waals surface area contributed by atoms with Crippen LogP contribution in [-0.4, -0.2) is 30.2 Å². The Balaban J connectivity index is 3.00. The molecule has 3 heteroatoms. The van der Waals surface area contributed by atoms with Crippen LogP contribution in [0, 0.1) is 17.3 Å². The average Bonchev–Trinajstić information content (AvgIpc) is 2.23. The van der Waals surface area contributed by atoms with Crippen LogP contribution < -0.4 is 0 Å². The molecule has 0 aliphatic heterocycles. The molecule has 1 fully saturated rings. The van der Waals surface area contributed by atoms with Gasteiger partial charge in [0.1, 0.15) is 0 Å². The SMILES string of the molecule is CC=CC(=O)C1C(C)C(O)C(OC)CC1(C)C. The summed E-state index contributed by atoms with van der Waals surface area (Å²) in [5, 5.41) is 10.2. The van der Waals surface area contributed by atoms with Crippen LogP contribution in [0.5, 0.6) is 0 Å². The minimum atomic E-state index is -0.563. The Morgan fingerprint density at radius 3 is 2.53 bits per heavy atom. The summed E-state index contributed by atoms with van der Waals surface area (Å²) in [4.78, 5) is 12.1. The van der Waals surface area contributed by atoms with E-state index in [0.717, 1.165) is 0 Å². The van der Waals surface area contributed by atoms with Crippen LogP contribution in [0.15, 0.2) is 12.2 Å². The van der Waals surface area contributed by atoms with Crippen LogP contribution in [0.2, 0.25) is 0 Å². The van der Waals surface area contributed by atoms with Crippen molar-refractivity contribution in [1.29, 1.82) is 0 Å². The van der Waals surface area contributed by atoms with Gasteiger partial charge in [-0.15, -0.1) is 0 Å². The lowest BCUT2D eigenvalue weighted by molar-refractivity contribution is -0.147. The van der Waals surface area contributed by atoms with Gasteiger partial charge in [-0.2, -0.15) is 0 Å². The molecule has 0 radical (unpaired) electrons. The fourth-order valence-corrected chi connectivity index (χ4v) is 3.15. The highest BCUT2D eigenvalue weighted by Gasteiger charge is 2.48. The van der Waals surface area contributed by atoms with Crippen molar-refractivity contribution in [2.24, 2.45) is 17.3 Å². The van der Waals surface area contributed by atoms with Gasteiger partial charge in [0.25, 0.3) is 0 Å². The topological polar surface area (TPSA) is 46.5 Å². The van der Waals surface area contributed by atoms with Gasteiger partial charge >= 0.3 is 0 Å². The van der Waals surface area contributed by atoms with E-state index in [1.165, 1.54) is 0 Å². The lowest BCUT2D eigenvalue weighted by Crippen LogP contribution is -2.52. The second-order valence-electron chi connectivity index (χ2n) is 5.70. The molecule has 0 saturated heterocycles. The molecule has 4 unspecified atom stereocenters. The molecule has 1 aliphatic carbocycles. The standard InChI is InChI=1S/C14H24O3/c1-6-7-10(15)12-9(2)13(16)11(17-5)8-14(12,3)4/h6-7,9,11-13,16H,8H2,1-5H3. The first kappa shape index (κ1) is 14.4. The zero-order chi connectivity index (χ0) is 13.2. The number of ether oxygens (including phenoxy) is 1. The van der Waals surface area contributed by atoms with Crippen LogP contribution in [-0.2, 0) is 9.53 Å². The first-order chi connectivity index (χ1) is 7.85. The number of aliphatic hydroxyl groups is 1. The molecule has 0 aromatic carbocycles. The summed E-state index contributed by atoms with van der Waals surface area (Å²) in [7, 11) is 1.62. The average molecular weight is 240 g/mol. The van der Waals surface area contributed by atoms with Gasteiger partial charge in [0.15, 0.2) is 5.78 Å². The monoisotopic (exact) mass is 240 g/mol. The molecule has 1 aliphatic rings. The predicted molar refractivity (Wildman–Crippen MR) is 67.7 cm³/mol. The third kappa shape index (κ3) is 2.78. The van der Waals surface area contributed by atoms with Crippen LogP contribution in [0.3, 0.4) is 0 Å². The molecular weight excluding hydrogens is 216 g/mol. The van der Waals surface area contributed by atoms with Gasteiger partial charge in [-0.3, -0.25) is 4.79 Å². The lowest BCUT2D eigenvalue weighted by atomic mass is 9.60. The number of allylic oxidation sites excluding steroid dienone is 2. The van der Waals surface area contributed by atoms with Gasteiger partial charge in [-0.25, -0.2) is 0 Å². The van der Waals surface area contributed by atoms with Gasteiger partial charge in [-0.1, -0.05) is 26.8 Å². The van der Waals surface area contributed by atoms with E-state index >= 15 is 0 Å². The van der Waals surface area contributed by atoms with Gasteiger partial charge in [0, 0.05) is 13.0 Å². The van der Waals surface area contributed by atoms with E-state index < -0.39 is 6.10 Å². The van der Waals surface area contributed by atoms with Crippen molar-refractivity contribution < 1.29 is 14.6 Å². The number of methoxy groups -OCH3 is 1. The van der Waals surface area contributed by atoms with E-state index in [4.69, 9.17) is 4.74 Å². The maximum absolute atomic E-state index is 12.1. The number of carbonyl (C=O) groups excluding carboxylic acids is 1. The highest BCUT2D eigenvalue weighted by molar-refractivity contribution is 5.92. The van der Waals surface area contributed by atoms with E-state index in [1.807, 2.05) is 13.8 Å². The Morgan fingerprint density at radius 2 is 2.06 bits per heavy atom. The highest BCUT2D eigenvalue weighted by Crippen LogP contribution is 2.45. The minimum absolute atomic E-state index is 0.0765. The van der Waals surface area contributed by atoms with Gasteiger partial charge in [-0.05, 0) is 30.8 Å². The van der Waals surface area contributed by atoms with E-state index in [-0.39, 0.29) is 29.1 Å². The first-order valence-electron chi connectivity index (χ1n) is 6.22. The van der Waals surface area contributed by atoms with Crippen LogP contribution in [0.4, 0.5) is 0 Å². The fourth-order valence-electron chi connectivity index (χ4n) is 3.15. The quantitative estimate of drug-likeness (QED) is 0.769. The summed E-state index contributed by atoms with van der Waals surface area (Å²) in [6.07, 6.45) is 3.35. The molecule has 1 saturated carbocycles. The van der Waals surface area contributed by atoms with Crippen molar-refractivity contribution in [3.05, 3.63) is 12.2 Å². The number of carbonyl (C=O) groups is 1. The Hall–Kier alpha value is -0.670. The zero-order valence-electron chi connectivity index (χ0n) is 11.4. The van der Waals surface area contributed by atoms with E-state index in [0.29, 0.717) is 6.42 Å². The maximum atomic E-state index is 12.1. The van der Waals surface area contributed by atoms with Crippen molar-refractivity contribution in [1.82, 2.24) is 0 Å². The van der Waals surface area contributed by atoms with Crippen molar-refractivity contribution in [3.63, 3.8) is 0 Å². The van der Waals surface area contributed by atoms with Crippen molar-refractivity contribution in [3.8, 4) is 0 Å². The Bertz CT molecular complexity index is 307. The van der Waals surface area contributed by atoms with E-state index in [1.54, 1.807) is 19.3 Å². The van der Waals surface area contributed by atoms with Gasteiger partial charge in [0.2, 0.25) is 0 Å². The smallest absolute Gasteiger partial charge is 0.159 e. The normalized spacial score (nSPS) is 37.3. The molecule has 0 spiro atoms. The Kier molecular flexibility index (Phi) is 4.50. The van der Waals surface area contributed by atoms with Crippen LogP contribution in [0.25, 0.3) is 0 Å². The summed E-state index contributed by atoms with van der Waals surface area (Å²) in [6, 6.07) is 0. The van der Waals surface area contributed by atoms with Crippen LogP contribution >= 0.6 is 0 Å². The summed E-state index contributed by atoms with van der Waals surface area (Å²) >= 11 is 0. The van der Waals surface area contributed by atoms with Crippen molar-refractivity contribution in [2.45, 2.75) is 46.3 Å². The number of hydrogen-bond acceptors (Lipinski definition) is 3.